The Hall–Kier alpha value is -5.44. The number of nitrogens with zero attached hydrogens (tertiary/aromatic N) is 9. The van der Waals surface area contributed by atoms with E-state index in [4.69, 9.17) is 19.7 Å². The highest BCUT2D eigenvalue weighted by atomic mass is 16.5. The van der Waals surface area contributed by atoms with Crippen molar-refractivity contribution >= 4 is 29.9 Å². The first-order chi connectivity index (χ1) is 25.4. The van der Waals surface area contributed by atoms with Crippen LogP contribution in [-0.4, -0.2) is 89.9 Å². The SMILES string of the molecule is CC1CCCCN1c1nnc2ccc(OC3CCC(NC(=O)Nc4cc(C(C)(C)C)nn4-c4cnn(CCN(C)C)c4)c4ccccc43)cn12.O=CO. The van der Waals surface area contributed by atoms with Crippen molar-refractivity contribution in [1.82, 2.24) is 44.4 Å². The quantitative estimate of drug-likeness (QED) is 0.158. The maximum absolute atomic E-state index is 13.6. The van der Waals surface area contributed by atoms with Gasteiger partial charge >= 0.3 is 6.03 Å². The molecule has 1 aliphatic carbocycles. The highest BCUT2D eigenvalue weighted by Gasteiger charge is 2.31. The fourth-order valence-electron chi connectivity index (χ4n) is 6.94. The molecule has 0 saturated carbocycles. The van der Waals surface area contributed by atoms with E-state index in [2.05, 4.69) is 75.6 Å². The number of aromatic nitrogens is 7. The molecule has 2 aliphatic rings. The number of carboxylic acid groups (broad SMARTS) is 1. The number of urea groups is 1. The number of amides is 2. The van der Waals surface area contributed by atoms with Crippen molar-refractivity contribution in [3.8, 4) is 11.4 Å². The number of anilines is 2. The van der Waals surface area contributed by atoms with Crippen LogP contribution in [0.1, 0.15) is 88.8 Å². The Morgan fingerprint density at radius 3 is 2.57 bits per heavy atom. The topological polar surface area (TPSA) is 160 Å². The zero-order valence-electron chi connectivity index (χ0n) is 31.4. The highest BCUT2D eigenvalue weighted by Crippen LogP contribution is 2.39. The predicted octanol–water partition coefficient (Wildman–Crippen LogP) is 5.83. The molecule has 1 aliphatic heterocycles. The Morgan fingerprint density at radius 2 is 1.83 bits per heavy atom. The molecule has 15 heteroatoms. The monoisotopic (exact) mass is 725 g/mol. The molecule has 1 saturated heterocycles. The number of piperidine rings is 1. The van der Waals surface area contributed by atoms with Gasteiger partial charge in [-0.15, -0.1) is 10.2 Å². The molecule has 282 valence electrons. The Bertz CT molecular complexity index is 2010. The van der Waals surface area contributed by atoms with Crippen LogP contribution in [0.15, 0.2) is 61.1 Å². The number of benzene rings is 1. The summed E-state index contributed by atoms with van der Waals surface area (Å²) < 4.78 is 12.4. The maximum atomic E-state index is 13.6. The van der Waals surface area contributed by atoms with Crippen molar-refractivity contribution in [2.45, 2.75) is 89.9 Å². The van der Waals surface area contributed by atoms with Gasteiger partial charge in [0.15, 0.2) is 5.65 Å². The molecular weight excluding hydrogens is 674 g/mol. The van der Waals surface area contributed by atoms with E-state index in [0.717, 1.165) is 85.2 Å². The third-order valence-corrected chi connectivity index (χ3v) is 9.80. The van der Waals surface area contributed by atoms with E-state index < -0.39 is 0 Å². The van der Waals surface area contributed by atoms with E-state index in [0.29, 0.717) is 11.9 Å². The molecule has 5 heterocycles. The zero-order valence-corrected chi connectivity index (χ0v) is 31.4. The first kappa shape index (κ1) is 37.3. The number of likely N-dealkylation sites (N-methyl/N-ethyl adjacent to an activating group) is 1. The number of fused-ring (bicyclic) bond motifs is 2. The number of carbonyl (C=O) groups is 2. The van der Waals surface area contributed by atoms with Crippen molar-refractivity contribution in [3.05, 3.63) is 77.9 Å². The van der Waals surface area contributed by atoms with Crippen molar-refractivity contribution in [2.75, 3.05) is 37.4 Å². The first-order valence-corrected chi connectivity index (χ1v) is 18.3. The summed E-state index contributed by atoms with van der Waals surface area (Å²) in [6.45, 7) is 10.9. The number of ether oxygens (including phenoxy) is 1. The largest absolute Gasteiger partial charge is 0.484 e. The van der Waals surface area contributed by atoms with Crippen LogP contribution in [-0.2, 0) is 16.8 Å². The smallest absolute Gasteiger partial charge is 0.320 e. The van der Waals surface area contributed by atoms with E-state index in [-0.39, 0.29) is 30.1 Å². The second kappa shape index (κ2) is 16.1. The van der Waals surface area contributed by atoms with Gasteiger partial charge in [0.05, 0.1) is 36.9 Å². The molecule has 7 rings (SSSR count). The van der Waals surface area contributed by atoms with Gasteiger partial charge in [-0.05, 0) is 76.4 Å². The standard InChI is InChI=1S/C37H49N11O2.CH2O2/c1-25-11-9-10-18-46(25)36-42-41-33-17-14-27(24-47(33)36)50-31-16-15-30(28-12-7-8-13-29(28)31)39-35(49)40-34-21-32(37(2,3)4)43-48(34)26-22-38-45(23-26)20-19-44(5)6;2-1-3/h7-8,12-14,17,21-25,30-31H,9-11,15-16,18-20H2,1-6H3,(H2,39,40,49);1H,(H,2,3). The third kappa shape index (κ3) is 8.62. The average Bonchev–Trinajstić information content (AvgIpc) is 3.88. The van der Waals surface area contributed by atoms with Gasteiger partial charge in [-0.2, -0.15) is 10.2 Å². The maximum Gasteiger partial charge on any atom is 0.320 e. The second-order valence-electron chi connectivity index (χ2n) is 15.0. The summed E-state index contributed by atoms with van der Waals surface area (Å²) in [6.07, 6.45) is 10.6. The van der Waals surface area contributed by atoms with Gasteiger partial charge in [-0.25, -0.2) is 9.48 Å². The molecule has 15 nitrogen and oxygen atoms in total. The lowest BCUT2D eigenvalue weighted by Gasteiger charge is -2.33. The van der Waals surface area contributed by atoms with Gasteiger partial charge < -0.3 is 25.0 Å². The van der Waals surface area contributed by atoms with Crippen LogP contribution in [0.4, 0.5) is 16.6 Å². The fraction of sp³-hybridized carbons (Fsp3) is 0.474. The highest BCUT2D eigenvalue weighted by molar-refractivity contribution is 5.89. The van der Waals surface area contributed by atoms with Crippen molar-refractivity contribution in [2.24, 2.45) is 0 Å². The van der Waals surface area contributed by atoms with E-state index in [1.165, 1.54) is 6.42 Å². The minimum absolute atomic E-state index is 0.154. The van der Waals surface area contributed by atoms with Gasteiger partial charge in [0.25, 0.3) is 6.47 Å². The van der Waals surface area contributed by atoms with Crippen LogP contribution in [0.3, 0.4) is 0 Å². The lowest BCUT2D eigenvalue weighted by atomic mass is 9.85. The predicted molar refractivity (Wildman–Crippen MR) is 203 cm³/mol. The molecule has 0 bridgehead atoms. The molecule has 3 unspecified atom stereocenters. The summed E-state index contributed by atoms with van der Waals surface area (Å²) >= 11 is 0. The molecule has 3 atom stereocenters. The van der Waals surface area contributed by atoms with Crippen LogP contribution in [0, 0.1) is 0 Å². The van der Waals surface area contributed by atoms with Crippen LogP contribution in [0.5, 0.6) is 5.75 Å². The second-order valence-corrected chi connectivity index (χ2v) is 15.0. The Labute approximate surface area is 309 Å². The number of carbonyl (C=O) groups excluding carboxylic acids is 1. The van der Waals surface area contributed by atoms with Gasteiger partial charge in [-0.1, -0.05) is 45.0 Å². The van der Waals surface area contributed by atoms with E-state index in [1.54, 1.807) is 10.9 Å². The summed E-state index contributed by atoms with van der Waals surface area (Å²) in [5.41, 5.74) is 4.39. The lowest BCUT2D eigenvalue weighted by Crippen LogP contribution is -2.38. The van der Waals surface area contributed by atoms with Crippen LogP contribution in [0.25, 0.3) is 11.3 Å². The first-order valence-electron chi connectivity index (χ1n) is 18.3. The van der Waals surface area contributed by atoms with Crippen molar-refractivity contribution in [1.29, 1.82) is 0 Å². The molecule has 53 heavy (non-hydrogen) atoms. The Kier molecular flexibility index (Phi) is 11.3. The normalized spacial score (nSPS) is 18.6. The van der Waals surface area contributed by atoms with Gasteiger partial charge in [-0.3, -0.25) is 19.2 Å². The summed E-state index contributed by atoms with van der Waals surface area (Å²) in [7, 11) is 4.08. The summed E-state index contributed by atoms with van der Waals surface area (Å²) in [5, 5.41) is 31.6. The third-order valence-electron chi connectivity index (χ3n) is 9.80. The molecular formula is C38H51N11O4. The Morgan fingerprint density at radius 1 is 1.06 bits per heavy atom. The molecule has 4 aromatic heterocycles. The van der Waals surface area contributed by atoms with Crippen LogP contribution in [0.2, 0.25) is 0 Å². The summed E-state index contributed by atoms with van der Waals surface area (Å²) in [5.74, 6) is 2.22. The molecule has 0 spiro atoms. The molecule has 1 fully saturated rings. The summed E-state index contributed by atoms with van der Waals surface area (Å²) in [6, 6.07) is 14.1. The fourth-order valence-corrected chi connectivity index (χ4v) is 6.94. The molecule has 2 amide bonds. The average molecular weight is 726 g/mol. The van der Waals surface area contributed by atoms with Crippen LogP contribution < -0.4 is 20.3 Å². The number of rotatable bonds is 9. The van der Waals surface area contributed by atoms with E-state index in [1.807, 2.05) is 65.9 Å². The van der Waals surface area contributed by atoms with Crippen molar-refractivity contribution < 1.29 is 19.4 Å². The minimum atomic E-state index is -0.289. The molecule has 0 radical (unpaired) electrons. The molecule has 1 aromatic carbocycles. The number of pyridine rings is 1. The zero-order chi connectivity index (χ0) is 37.7. The number of nitrogens with one attached hydrogen (secondary N) is 2. The number of hydrogen-bond acceptors (Lipinski definition) is 9. The van der Waals surface area contributed by atoms with Gasteiger partial charge in [0.2, 0.25) is 5.95 Å². The summed E-state index contributed by atoms with van der Waals surface area (Å²) in [4.78, 5) is 26.5. The minimum Gasteiger partial charge on any atom is -0.484 e. The van der Waals surface area contributed by atoms with Crippen LogP contribution >= 0.6 is 0 Å². The Balaban J connectivity index is 0.00000155. The van der Waals surface area contributed by atoms with E-state index in [9.17, 15) is 4.79 Å². The molecule has 3 N–H and O–H groups in total. The van der Waals surface area contributed by atoms with Gasteiger partial charge in [0, 0.05) is 30.6 Å². The van der Waals surface area contributed by atoms with Gasteiger partial charge in [0.1, 0.15) is 23.4 Å². The molecule has 5 aromatic rings. The lowest BCUT2D eigenvalue weighted by molar-refractivity contribution is -0.122. The number of hydrogen-bond donors (Lipinski definition) is 3. The van der Waals surface area contributed by atoms with E-state index >= 15 is 0 Å². The van der Waals surface area contributed by atoms with Crippen molar-refractivity contribution in [3.63, 3.8) is 0 Å².